The molecule has 1 fully saturated rings. The fourth-order valence-corrected chi connectivity index (χ4v) is 2.67. The van der Waals surface area contributed by atoms with Gasteiger partial charge in [0.1, 0.15) is 5.82 Å². The van der Waals surface area contributed by atoms with Gasteiger partial charge in [0.05, 0.1) is 5.69 Å². The van der Waals surface area contributed by atoms with Crippen molar-refractivity contribution < 1.29 is 0 Å². The second-order valence-corrected chi connectivity index (χ2v) is 5.16. The smallest absolute Gasteiger partial charge is 0.253 e. The Bertz CT molecular complexity index is 645. The Morgan fingerprint density at radius 1 is 1.25 bits per heavy atom. The van der Waals surface area contributed by atoms with Crippen molar-refractivity contribution in [3.05, 3.63) is 46.8 Å². The third-order valence-corrected chi connectivity index (χ3v) is 3.85. The topological polar surface area (TPSA) is 59.8 Å². The Hall–Kier alpha value is -2.01. The predicted molar refractivity (Wildman–Crippen MR) is 77.6 cm³/mol. The van der Waals surface area contributed by atoms with Crippen LogP contribution in [-0.2, 0) is 7.05 Å². The lowest BCUT2D eigenvalue weighted by molar-refractivity contribution is 0.431. The highest BCUT2D eigenvalue weighted by atomic mass is 16.1. The third-order valence-electron chi connectivity index (χ3n) is 3.85. The first-order valence-corrected chi connectivity index (χ1v) is 6.95. The average Bonchev–Trinajstić information content (AvgIpc) is 2.51. The summed E-state index contributed by atoms with van der Waals surface area (Å²) >= 11 is 0. The van der Waals surface area contributed by atoms with E-state index in [9.17, 15) is 4.79 Å². The quantitative estimate of drug-likeness (QED) is 0.894. The van der Waals surface area contributed by atoms with Crippen LogP contribution in [0.3, 0.4) is 0 Å². The van der Waals surface area contributed by atoms with Crippen molar-refractivity contribution in [2.45, 2.75) is 18.8 Å². The minimum absolute atomic E-state index is 0.000319. The van der Waals surface area contributed by atoms with Gasteiger partial charge in [-0.05, 0) is 38.1 Å². The van der Waals surface area contributed by atoms with Gasteiger partial charge in [0.2, 0.25) is 0 Å². The van der Waals surface area contributed by atoms with Crippen LogP contribution in [0.4, 0.5) is 0 Å². The number of hydrogen-bond acceptors (Lipinski definition) is 4. The van der Waals surface area contributed by atoms with E-state index in [1.54, 1.807) is 23.0 Å². The molecule has 0 aliphatic carbocycles. The highest BCUT2D eigenvalue weighted by Gasteiger charge is 2.20. The molecule has 20 heavy (non-hydrogen) atoms. The molecule has 1 saturated heterocycles. The molecule has 3 heterocycles. The fraction of sp³-hybridized carbons (Fsp3) is 0.400. The first-order chi connectivity index (χ1) is 9.75. The number of piperidine rings is 1. The number of rotatable bonds is 2. The first-order valence-electron chi connectivity index (χ1n) is 6.95. The fourth-order valence-electron chi connectivity index (χ4n) is 2.67. The lowest BCUT2D eigenvalue weighted by Crippen LogP contribution is -2.31. The molecule has 1 aliphatic heterocycles. The lowest BCUT2D eigenvalue weighted by Gasteiger charge is -2.24. The summed E-state index contributed by atoms with van der Waals surface area (Å²) < 4.78 is 1.68. The van der Waals surface area contributed by atoms with Crippen molar-refractivity contribution in [1.82, 2.24) is 19.9 Å². The third kappa shape index (κ3) is 2.49. The number of hydrogen-bond donors (Lipinski definition) is 1. The van der Waals surface area contributed by atoms with Crippen LogP contribution >= 0.6 is 0 Å². The second kappa shape index (κ2) is 5.54. The largest absolute Gasteiger partial charge is 0.317 e. The molecule has 1 N–H and O–H groups in total. The molecule has 1 aliphatic rings. The van der Waals surface area contributed by atoms with E-state index in [4.69, 9.17) is 4.98 Å². The van der Waals surface area contributed by atoms with E-state index in [0.717, 1.165) is 43.0 Å². The summed E-state index contributed by atoms with van der Waals surface area (Å²) in [6.07, 6.45) is 5.50. The van der Waals surface area contributed by atoms with Crippen molar-refractivity contribution in [3.63, 3.8) is 0 Å². The van der Waals surface area contributed by atoms with Gasteiger partial charge in [0.25, 0.3) is 5.56 Å². The predicted octanol–water partition coefficient (Wildman–Crippen LogP) is 1.31. The molecular formula is C15H18N4O. The van der Waals surface area contributed by atoms with E-state index in [1.807, 2.05) is 19.2 Å². The minimum Gasteiger partial charge on any atom is -0.317 e. The van der Waals surface area contributed by atoms with Crippen molar-refractivity contribution in [2.24, 2.45) is 7.05 Å². The molecule has 0 aromatic carbocycles. The van der Waals surface area contributed by atoms with Crippen molar-refractivity contribution >= 4 is 0 Å². The molecule has 3 rings (SSSR count). The second-order valence-electron chi connectivity index (χ2n) is 5.16. The number of pyridine rings is 1. The van der Waals surface area contributed by atoms with Gasteiger partial charge in [-0.2, -0.15) is 0 Å². The van der Waals surface area contributed by atoms with Crippen molar-refractivity contribution in [3.8, 4) is 11.3 Å². The van der Waals surface area contributed by atoms with Gasteiger partial charge in [-0.15, -0.1) is 0 Å². The minimum atomic E-state index is 0.000319. The molecule has 5 nitrogen and oxygen atoms in total. The number of nitrogens with one attached hydrogen (secondary N) is 1. The zero-order valence-electron chi connectivity index (χ0n) is 11.5. The molecule has 2 aromatic heterocycles. The average molecular weight is 270 g/mol. The Morgan fingerprint density at radius 2 is 1.95 bits per heavy atom. The van der Waals surface area contributed by atoms with Crippen LogP contribution in [0.2, 0.25) is 0 Å². The summed E-state index contributed by atoms with van der Waals surface area (Å²) in [5.41, 5.74) is 1.68. The van der Waals surface area contributed by atoms with Gasteiger partial charge in [-0.3, -0.25) is 14.3 Å². The van der Waals surface area contributed by atoms with Crippen LogP contribution in [0.25, 0.3) is 11.3 Å². The van der Waals surface area contributed by atoms with Gasteiger partial charge < -0.3 is 5.32 Å². The van der Waals surface area contributed by atoms with Gasteiger partial charge in [-0.1, -0.05) is 0 Å². The standard InChI is InChI=1S/C15H18N4O/c1-19-14(20)10-13(11-2-6-16-7-3-11)18-15(19)12-4-8-17-9-5-12/h2-3,6-7,10,12,17H,4-5,8-9H2,1H3. The summed E-state index contributed by atoms with van der Waals surface area (Å²) in [4.78, 5) is 20.9. The first kappa shape index (κ1) is 13.0. The Labute approximate surface area is 117 Å². The number of aromatic nitrogens is 3. The van der Waals surface area contributed by atoms with E-state index in [-0.39, 0.29) is 5.56 Å². The zero-order valence-corrected chi connectivity index (χ0v) is 11.5. The lowest BCUT2D eigenvalue weighted by atomic mass is 9.96. The maximum absolute atomic E-state index is 12.2. The zero-order chi connectivity index (χ0) is 13.9. The molecule has 0 amide bonds. The maximum Gasteiger partial charge on any atom is 0.253 e. The van der Waals surface area contributed by atoms with Crippen LogP contribution in [0.1, 0.15) is 24.6 Å². The van der Waals surface area contributed by atoms with Crippen LogP contribution < -0.4 is 10.9 Å². The Balaban J connectivity index is 2.06. The van der Waals surface area contributed by atoms with E-state index in [1.165, 1.54) is 0 Å². The molecule has 0 bridgehead atoms. The van der Waals surface area contributed by atoms with Crippen LogP contribution in [0, 0.1) is 0 Å². The van der Waals surface area contributed by atoms with E-state index < -0.39 is 0 Å². The van der Waals surface area contributed by atoms with Gasteiger partial charge in [-0.25, -0.2) is 4.98 Å². The molecule has 0 radical (unpaired) electrons. The number of nitrogens with zero attached hydrogens (tertiary/aromatic N) is 3. The van der Waals surface area contributed by atoms with E-state index in [0.29, 0.717) is 5.92 Å². The highest BCUT2D eigenvalue weighted by Crippen LogP contribution is 2.24. The molecule has 0 unspecified atom stereocenters. The summed E-state index contributed by atoms with van der Waals surface area (Å²) in [6, 6.07) is 5.36. The molecule has 5 heteroatoms. The Kier molecular flexibility index (Phi) is 3.60. The van der Waals surface area contributed by atoms with Crippen LogP contribution in [0.5, 0.6) is 0 Å². The SMILES string of the molecule is Cn1c(C2CCNCC2)nc(-c2ccncc2)cc1=O. The molecule has 0 atom stereocenters. The summed E-state index contributed by atoms with van der Waals surface area (Å²) in [6.45, 7) is 1.97. The van der Waals surface area contributed by atoms with Crippen LogP contribution in [0.15, 0.2) is 35.4 Å². The monoisotopic (exact) mass is 270 g/mol. The summed E-state index contributed by atoms with van der Waals surface area (Å²) in [5.74, 6) is 1.25. The summed E-state index contributed by atoms with van der Waals surface area (Å²) in [7, 11) is 1.81. The molecular weight excluding hydrogens is 252 g/mol. The normalized spacial score (nSPS) is 16.2. The molecule has 2 aromatic rings. The van der Waals surface area contributed by atoms with Gasteiger partial charge >= 0.3 is 0 Å². The van der Waals surface area contributed by atoms with Crippen LogP contribution in [-0.4, -0.2) is 27.6 Å². The van der Waals surface area contributed by atoms with Crippen molar-refractivity contribution in [2.75, 3.05) is 13.1 Å². The highest BCUT2D eigenvalue weighted by molar-refractivity contribution is 5.57. The Morgan fingerprint density at radius 3 is 2.65 bits per heavy atom. The van der Waals surface area contributed by atoms with E-state index in [2.05, 4.69) is 10.3 Å². The molecule has 0 saturated carbocycles. The summed E-state index contributed by atoms with van der Waals surface area (Å²) in [5, 5.41) is 3.34. The van der Waals surface area contributed by atoms with Crippen molar-refractivity contribution in [1.29, 1.82) is 0 Å². The van der Waals surface area contributed by atoms with Gasteiger partial charge in [0.15, 0.2) is 0 Å². The molecule has 0 spiro atoms. The van der Waals surface area contributed by atoms with Gasteiger partial charge in [0, 0.05) is 37.0 Å². The van der Waals surface area contributed by atoms with E-state index >= 15 is 0 Å². The molecule has 104 valence electrons. The maximum atomic E-state index is 12.2.